The van der Waals surface area contributed by atoms with Gasteiger partial charge in [-0.3, -0.25) is 0 Å². The fraction of sp³-hybridized carbons (Fsp3) is 0.600. The maximum Gasteiger partial charge on any atom is 0.218 e. The third kappa shape index (κ3) is 3.40. The van der Waals surface area contributed by atoms with Crippen LogP contribution in [0.2, 0.25) is 0 Å². The first-order chi connectivity index (χ1) is 9.44. The van der Waals surface area contributed by atoms with Crippen molar-refractivity contribution in [1.82, 2.24) is 4.31 Å². The third-order valence-electron chi connectivity index (χ3n) is 4.37. The Balaban J connectivity index is 2.15. The van der Waals surface area contributed by atoms with E-state index in [2.05, 4.69) is 13.8 Å². The minimum atomic E-state index is -3.25. The molecule has 2 rings (SSSR count). The zero-order valence-corrected chi connectivity index (χ0v) is 13.1. The SMILES string of the molecule is CC1CCN(S(=O)(=O)Cc2ccccc2CN)CC1C. The van der Waals surface area contributed by atoms with E-state index in [9.17, 15) is 8.42 Å². The van der Waals surface area contributed by atoms with Crippen LogP contribution in [0.25, 0.3) is 0 Å². The first kappa shape index (κ1) is 15.5. The number of hydrogen-bond acceptors (Lipinski definition) is 3. The van der Waals surface area contributed by atoms with Gasteiger partial charge in [-0.25, -0.2) is 12.7 Å². The maximum absolute atomic E-state index is 12.6. The smallest absolute Gasteiger partial charge is 0.218 e. The minimum absolute atomic E-state index is 0.0570. The standard InChI is InChI=1S/C15H24N2O2S/c1-12-7-8-17(10-13(12)2)20(18,19)11-15-6-4-3-5-14(15)9-16/h3-6,12-13H,7-11,16H2,1-2H3. The van der Waals surface area contributed by atoms with Gasteiger partial charge in [0.1, 0.15) is 0 Å². The summed E-state index contributed by atoms with van der Waals surface area (Å²) in [5.41, 5.74) is 7.41. The fourth-order valence-corrected chi connectivity index (χ4v) is 4.37. The van der Waals surface area contributed by atoms with Gasteiger partial charge in [-0.05, 0) is 29.4 Å². The van der Waals surface area contributed by atoms with Crippen LogP contribution in [-0.2, 0) is 22.3 Å². The highest BCUT2D eigenvalue weighted by Gasteiger charge is 2.30. The minimum Gasteiger partial charge on any atom is -0.326 e. The molecule has 0 saturated carbocycles. The Morgan fingerprint density at radius 2 is 1.85 bits per heavy atom. The molecule has 1 aromatic carbocycles. The van der Waals surface area contributed by atoms with E-state index in [4.69, 9.17) is 5.73 Å². The Labute approximate surface area is 122 Å². The highest BCUT2D eigenvalue weighted by atomic mass is 32.2. The number of hydrogen-bond donors (Lipinski definition) is 1. The van der Waals surface area contributed by atoms with Crippen molar-refractivity contribution < 1.29 is 8.42 Å². The molecule has 0 aliphatic carbocycles. The van der Waals surface area contributed by atoms with Crippen molar-refractivity contribution in [1.29, 1.82) is 0 Å². The van der Waals surface area contributed by atoms with Gasteiger partial charge in [-0.1, -0.05) is 38.1 Å². The van der Waals surface area contributed by atoms with Gasteiger partial charge in [0.15, 0.2) is 0 Å². The van der Waals surface area contributed by atoms with Gasteiger partial charge in [-0.15, -0.1) is 0 Å². The van der Waals surface area contributed by atoms with Crippen LogP contribution in [0.1, 0.15) is 31.4 Å². The predicted octanol–water partition coefficient (Wildman–Crippen LogP) is 1.95. The fourth-order valence-electron chi connectivity index (χ4n) is 2.66. The molecule has 0 bridgehead atoms. The summed E-state index contributed by atoms with van der Waals surface area (Å²) in [7, 11) is -3.25. The second kappa shape index (κ2) is 6.24. The molecule has 2 unspecified atom stereocenters. The summed E-state index contributed by atoms with van der Waals surface area (Å²) in [5, 5.41) is 0. The van der Waals surface area contributed by atoms with Crippen LogP contribution in [0.4, 0.5) is 0 Å². The van der Waals surface area contributed by atoms with E-state index in [-0.39, 0.29) is 5.75 Å². The van der Waals surface area contributed by atoms with Crippen molar-refractivity contribution in [3.63, 3.8) is 0 Å². The van der Waals surface area contributed by atoms with Crippen molar-refractivity contribution in [2.75, 3.05) is 13.1 Å². The summed E-state index contributed by atoms with van der Waals surface area (Å²) in [6.07, 6.45) is 0.943. The van der Waals surface area contributed by atoms with E-state index in [1.165, 1.54) is 0 Å². The molecule has 1 aromatic rings. The molecule has 2 atom stereocenters. The number of benzene rings is 1. The highest BCUT2D eigenvalue weighted by Crippen LogP contribution is 2.26. The van der Waals surface area contributed by atoms with Gasteiger partial charge in [0, 0.05) is 19.6 Å². The lowest BCUT2D eigenvalue weighted by atomic mass is 9.90. The van der Waals surface area contributed by atoms with Crippen LogP contribution in [-0.4, -0.2) is 25.8 Å². The lowest BCUT2D eigenvalue weighted by Gasteiger charge is -2.34. The Bertz CT molecular complexity index is 557. The van der Waals surface area contributed by atoms with E-state index < -0.39 is 10.0 Å². The molecule has 0 amide bonds. The number of nitrogens with two attached hydrogens (primary N) is 1. The first-order valence-corrected chi connectivity index (χ1v) is 8.79. The predicted molar refractivity (Wildman–Crippen MR) is 81.5 cm³/mol. The van der Waals surface area contributed by atoms with Crippen LogP contribution in [0.3, 0.4) is 0 Å². The first-order valence-electron chi connectivity index (χ1n) is 7.18. The normalized spacial score (nSPS) is 24.8. The van der Waals surface area contributed by atoms with Crippen LogP contribution in [0.15, 0.2) is 24.3 Å². The molecule has 5 heteroatoms. The van der Waals surface area contributed by atoms with Gasteiger partial charge in [0.05, 0.1) is 5.75 Å². The van der Waals surface area contributed by atoms with Crippen LogP contribution in [0.5, 0.6) is 0 Å². The monoisotopic (exact) mass is 296 g/mol. The van der Waals surface area contributed by atoms with Crippen molar-refractivity contribution in [2.24, 2.45) is 17.6 Å². The molecule has 1 heterocycles. The summed E-state index contributed by atoms with van der Waals surface area (Å²) >= 11 is 0. The zero-order chi connectivity index (χ0) is 14.8. The molecular formula is C15H24N2O2S. The molecule has 0 radical (unpaired) electrons. The van der Waals surface area contributed by atoms with Gasteiger partial charge in [0.25, 0.3) is 0 Å². The molecule has 0 aromatic heterocycles. The van der Waals surface area contributed by atoms with Crippen molar-refractivity contribution in [3.05, 3.63) is 35.4 Å². The van der Waals surface area contributed by atoms with Crippen molar-refractivity contribution in [3.8, 4) is 0 Å². The van der Waals surface area contributed by atoms with E-state index in [1.807, 2.05) is 24.3 Å². The topological polar surface area (TPSA) is 63.4 Å². The maximum atomic E-state index is 12.6. The van der Waals surface area contributed by atoms with E-state index in [0.29, 0.717) is 31.5 Å². The average molecular weight is 296 g/mol. The molecule has 1 aliphatic rings. The van der Waals surface area contributed by atoms with Gasteiger partial charge < -0.3 is 5.73 Å². The second-order valence-corrected chi connectivity index (χ2v) is 7.80. The third-order valence-corrected chi connectivity index (χ3v) is 6.16. The zero-order valence-electron chi connectivity index (χ0n) is 12.2. The highest BCUT2D eigenvalue weighted by molar-refractivity contribution is 7.88. The number of rotatable bonds is 4. The Kier molecular flexibility index (Phi) is 4.83. The number of nitrogens with zero attached hydrogens (tertiary/aromatic N) is 1. The molecule has 0 spiro atoms. The number of sulfonamides is 1. The summed E-state index contributed by atoms with van der Waals surface area (Å²) < 4.78 is 26.8. The molecular weight excluding hydrogens is 272 g/mol. The van der Waals surface area contributed by atoms with Crippen LogP contribution >= 0.6 is 0 Å². The average Bonchev–Trinajstić information content (AvgIpc) is 2.42. The van der Waals surface area contributed by atoms with E-state index in [0.717, 1.165) is 17.5 Å². The van der Waals surface area contributed by atoms with Crippen LogP contribution in [0, 0.1) is 11.8 Å². The lowest BCUT2D eigenvalue weighted by molar-refractivity contribution is 0.212. The van der Waals surface area contributed by atoms with Crippen LogP contribution < -0.4 is 5.73 Å². The molecule has 4 nitrogen and oxygen atoms in total. The molecule has 112 valence electrons. The lowest BCUT2D eigenvalue weighted by Crippen LogP contribution is -2.42. The molecule has 1 aliphatic heterocycles. The molecule has 20 heavy (non-hydrogen) atoms. The summed E-state index contributed by atoms with van der Waals surface area (Å²) in [6.45, 7) is 5.96. The number of piperidine rings is 1. The molecule has 2 N–H and O–H groups in total. The van der Waals surface area contributed by atoms with Crippen molar-refractivity contribution in [2.45, 2.75) is 32.6 Å². The van der Waals surface area contributed by atoms with Gasteiger partial charge >= 0.3 is 0 Å². The summed E-state index contributed by atoms with van der Waals surface area (Å²) in [5.74, 6) is 1.07. The summed E-state index contributed by atoms with van der Waals surface area (Å²) in [6, 6.07) is 7.51. The van der Waals surface area contributed by atoms with E-state index >= 15 is 0 Å². The Morgan fingerprint density at radius 1 is 1.20 bits per heavy atom. The molecule has 1 saturated heterocycles. The largest absolute Gasteiger partial charge is 0.326 e. The van der Waals surface area contributed by atoms with Gasteiger partial charge in [0.2, 0.25) is 10.0 Å². The van der Waals surface area contributed by atoms with Gasteiger partial charge in [-0.2, -0.15) is 0 Å². The summed E-state index contributed by atoms with van der Waals surface area (Å²) in [4.78, 5) is 0. The Hall–Kier alpha value is -0.910. The van der Waals surface area contributed by atoms with Crippen molar-refractivity contribution >= 4 is 10.0 Å². The second-order valence-electron chi connectivity index (χ2n) is 5.83. The molecule has 1 fully saturated rings. The Morgan fingerprint density at radius 3 is 2.45 bits per heavy atom. The van der Waals surface area contributed by atoms with E-state index in [1.54, 1.807) is 4.31 Å². The quantitative estimate of drug-likeness (QED) is 0.923.